The van der Waals surface area contributed by atoms with Crippen molar-refractivity contribution >= 4 is 17.6 Å². The number of nitrogens with one attached hydrogen (secondary N) is 1. The Balaban J connectivity index is 1.71. The van der Waals surface area contributed by atoms with Crippen LogP contribution < -0.4 is 15.8 Å². The number of likely N-dealkylation sites (tertiary alicyclic amines) is 1. The van der Waals surface area contributed by atoms with Gasteiger partial charge in [-0.15, -0.1) is 0 Å². The number of nitrogens with two attached hydrogens (primary N) is 1. The van der Waals surface area contributed by atoms with Gasteiger partial charge in [-0.25, -0.2) is 4.79 Å². The standard InChI is InChI=1S/C19H21N3O3/c1-25-17-8-7-14(18(20)23)11-16(17)21-19(24)22-10-9-15(12-22)13-5-3-2-4-6-13/h2-8,11,15H,9-10,12H2,1H3,(H2,20,23)(H,21,24). The normalized spacial score (nSPS) is 16.5. The zero-order chi connectivity index (χ0) is 17.8. The number of hydrogen-bond acceptors (Lipinski definition) is 3. The number of ether oxygens (including phenoxy) is 1. The van der Waals surface area contributed by atoms with Gasteiger partial charge in [-0.3, -0.25) is 4.79 Å². The van der Waals surface area contributed by atoms with Gasteiger partial charge < -0.3 is 20.7 Å². The second-order valence-electron chi connectivity index (χ2n) is 6.05. The van der Waals surface area contributed by atoms with E-state index in [1.54, 1.807) is 17.0 Å². The third-order valence-corrected chi connectivity index (χ3v) is 4.47. The van der Waals surface area contributed by atoms with Crippen LogP contribution in [0.15, 0.2) is 48.5 Å². The lowest BCUT2D eigenvalue weighted by Crippen LogP contribution is -2.33. The summed E-state index contributed by atoms with van der Waals surface area (Å²) in [5.41, 5.74) is 7.30. The van der Waals surface area contributed by atoms with Gasteiger partial charge in [-0.1, -0.05) is 30.3 Å². The van der Waals surface area contributed by atoms with Crippen LogP contribution in [0.5, 0.6) is 5.75 Å². The number of amides is 3. The van der Waals surface area contributed by atoms with E-state index in [0.717, 1.165) is 6.42 Å². The van der Waals surface area contributed by atoms with Gasteiger partial charge in [-0.2, -0.15) is 0 Å². The van der Waals surface area contributed by atoms with E-state index >= 15 is 0 Å². The molecule has 3 N–H and O–H groups in total. The molecule has 1 saturated heterocycles. The Labute approximate surface area is 146 Å². The number of carbonyl (C=O) groups is 2. The Morgan fingerprint density at radius 3 is 2.64 bits per heavy atom. The smallest absolute Gasteiger partial charge is 0.321 e. The molecule has 3 amide bonds. The summed E-state index contributed by atoms with van der Waals surface area (Å²) in [6.45, 7) is 1.34. The summed E-state index contributed by atoms with van der Waals surface area (Å²) in [6, 6.07) is 14.7. The summed E-state index contributed by atoms with van der Waals surface area (Å²) < 4.78 is 5.25. The molecule has 0 aliphatic carbocycles. The third kappa shape index (κ3) is 3.74. The van der Waals surface area contributed by atoms with Crippen LogP contribution >= 0.6 is 0 Å². The summed E-state index contributed by atoms with van der Waals surface area (Å²) in [7, 11) is 1.51. The molecule has 1 atom stereocenters. The molecule has 0 bridgehead atoms. The van der Waals surface area contributed by atoms with E-state index in [1.807, 2.05) is 18.2 Å². The van der Waals surface area contributed by atoms with E-state index < -0.39 is 5.91 Å². The van der Waals surface area contributed by atoms with Crippen molar-refractivity contribution in [1.29, 1.82) is 0 Å². The van der Waals surface area contributed by atoms with Crippen LogP contribution in [0, 0.1) is 0 Å². The second-order valence-corrected chi connectivity index (χ2v) is 6.05. The van der Waals surface area contributed by atoms with Crippen molar-refractivity contribution in [3.05, 3.63) is 59.7 Å². The first-order valence-corrected chi connectivity index (χ1v) is 8.17. The minimum atomic E-state index is -0.552. The van der Waals surface area contributed by atoms with E-state index in [9.17, 15) is 9.59 Å². The molecule has 3 rings (SSSR count). The highest BCUT2D eigenvalue weighted by atomic mass is 16.5. The van der Waals surface area contributed by atoms with Crippen molar-refractivity contribution in [3.63, 3.8) is 0 Å². The van der Waals surface area contributed by atoms with E-state index in [4.69, 9.17) is 10.5 Å². The topological polar surface area (TPSA) is 84.7 Å². The number of benzene rings is 2. The van der Waals surface area contributed by atoms with Crippen LogP contribution in [-0.2, 0) is 0 Å². The van der Waals surface area contributed by atoms with E-state index in [0.29, 0.717) is 36.0 Å². The average molecular weight is 339 g/mol. The van der Waals surface area contributed by atoms with Crippen LogP contribution in [-0.4, -0.2) is 37.0 Å². The van der Waals surface area contributed by atoms with Crippen molar-refractivity contribution in [3.8, 4) is 5.75 Å². The predicted molar refractivity (Wildman–Crippen MR) is 95.9 cm³/mol. The lowest BCUT2D eigenvalue weighted by molar-refractivity contribution is 0.1000. The van der Waals surface area contributed by atoms with Gasteiger partial charge in [0, 0.05) is 24.6 Å². The fourth-order valence-corrected chi connectivity index (χ4v) is 3.10. The highest BCUT2D eigenvalue weighted by Gasteiger charge is 2.27. The molecular weight excluding hydrogens is 318 g/mol. The Morgan fingerprint density at radius 2 is 1.96 bits per heavy atom. The third-order valence-electron chi connectivity index (χ3n) is 4.47. The number of carbonyl (C=O) groups excluding carboxylic acids is 2. The van der Waals surface area contributed by atoms with Gasteiger partial charge in [0.25, 0.3) is 0 Å². The first kappa shape index (κ1) is 16.8. The zero-order valence-corrected chi connectivity index (χ0v) is 14.1. The van der Waals surface area contributed by atoms with Gasteiger partial charge in [0.2, 0.25) is 5.91 Å². The largest absolute Gasteiger partial charge is 0.495 e. The molecule has 0 radical (unpaired) electrons. The van der Waals surface area contributed by atoms with E-state index in [1.165, 1.54) is 18.7 Å². The molecule has 1 heterocycles. The predicted octanol–water partition coefficient (Wildman–Crippen LogP) is 2.82. The van der Waals surface area contributed by atoms with Gasteiger partial charge in [0.05, 0.1) is 12.8 Å². The molecule has 6 heteroatoms. The van der Waals surface area contributed by atoms with E-state index in [2.05, 4.69) is 17.4 Å². The molecule has 6 nitrogen and oxygen atoms in total. The number of primary amides is 1. The lowest BCUT2D eigenvalue weighted by Gasteiger charge is -2.19. The maximum Gasteiger partial charge on any atom is 0.321 e. The first-order valence-electron chi connectivity index (χ1n) is 8.17. The molecule has 0 spiro atoms. The van der Waals surface area contributed by atoms with Gasteiger partial charge in [-0.05, 0) is 30.2 Å². The highest BCUT2D eigenvalue weighted by Crippen LogP contribution is 2.29. The van der Waals surface area contributed by atoms with Crippen molar-refractivity contribution < 1.29 is 14.3 Å². The van der Waals surface area contributed by atoms with Crippen LogP contribution in [0.25, 0.3) is 0 Å². The van der Waals surface area contributed by atoms with Crippen LogP contribution in [0.3, 0.4) is 0 Å². The Bertz CT molecular complexity index is 777. The summed E-state index contributed by atoms with van der Waals surface area (Å²) in [5, 5.41) is 2.82. The summed E-state index contributed by atoms with van der Waals surface area (Å²) >= 11 is 0. The molecular formula is C19H21N3O3. The quantitative estimate of drug-likeness (QED) is 0.898. The summed E-state index contributed by atoms with van der Waals surface area (Å²) in [5.74, 6) is 0.270. The first-order chi connectivity index (χ1) is 12.1. The minimum absolute atomic E-state index is 0.210. The second kappa shape index (κ2) is 7.25. The molecule has 1 unspecified atom stereocenters. The molecule has 1 fully saturated rings. The number of nitrogens with zero attached hydrogens (tertiary/aromatic N) is 1. The Kier molecular flexibility index (Phi) is 4.88. The maximum atomic E-state index is 12.6. The SMILES string of the molecule is COc1ccc(C(N)=O)cc1NC(=O)N1CCC(c2ccccc2)C1. The lowest BCUT2D eigenvalue weighted by atomic mass is 9.99. The Morgan fingerprint density at radius 1 is 1.20 bits per heavy atom. The minimum Gasteiger partial charge on any atom is -0.495 e. The fourth-order valence-electron chi connectivity index (χ4n) is 3.10. The van der Waals surface area contributed by atoms with Gasteiger partial charge >= 0.3 is 6.03 Å². The molecule has 0 saturated carbocycles. The van der Waals surface area contributed by atoms with Gasteiger partial charge in [0.1, 0.15) is 5.75 Å². The maximum absolute atomic E-state index is 12.6. The number of anilines is 1. The van der Waals surface area contributed by atoms with Crippen LogP contribution in [0.2, 0.25) is 0 Å². The van der Waals surface area contributed by atoms with Gasteiger partial charge in [0.15, 0.2) is 0 Å². The van der Waals surface area contributed by atoms with Crippen molar-refractivity contribution in [2.75, 3.05) is 25.5 Å². The number of rotatable bonds is 4. The summed E-state index contributed by atoms with van der Waals surface area (Å²) in [4.78, 5) is 25.7. The molecule has 2 aromatic carbocycles. The van der Waals surface area contributed by atoms with Crippen LogP contribution in [0.1, 0.15) is 28.3 Å². The van der Waals surface area contributed by atoms with Crippen molar-refractivity contribution in [2.24, 2.45) is 5.73 Å². The summed E-state index contributed by atoms with van der Waals surface area (Å²) in [6.07, 6.45) is 0.926. The molecule has 1 aliphatic rings. The molecule has 0 aromatic heterocycles. The number of methoxy groups -OCH3 is 1. The van der Waals surface area contributed by atoms with Crippen molar-refractivity contribution in [1.82, 2.24) is 4.90 Å². The van der Waals surface area contributed by atoms with Crippen molar-refractivity contribution in [2.45, 2.75) is 12.3 Å². The Hall–Kier alpha value is -3.02. The van der Waals surface area contributed by atoms with E-state index in [-0.39, 0.29) is 6.03 Å². The van der Waals surface area contributed by atoms with Crippen LogP contribution in [0.4, 0.5) is 10.5 Å². The zero-order valence-electron chi connectivity index (χ0n) is 14.1. The monoisotopic (exact) mass is 339 g/mol. The molecule has 1 aliphatic heterocycles. The fraction of sp³-hybridized carbons (Fsp3) is 0.263. The highest BCUT2D eigenvalue weighted by molar-refractivity contribution is 5.97. The molecule has 2 aromatic rings. The molecule has 130 valence electrons. The molecule has 25 heavy (non-hydrogen) atoms. The number of urea groups is 1. The average Bonchev–Trinajstić information content (AvgIpc) is 3.12. The number of hydrogen-bond donors (Lipinski definition) is 2.